The summed E-state index contributed by atoms with van der Waals surface area (Å²) >= 11 is 0. The maximum atomic E-state index is 10.6. The van der Waals surface area contributed by atoms with Crippen LogP contribution in [0.15, 0.2) is 24.4 Å². The van der Waals surface area contributed by atoms with E-state index in [1.165, 1.54) is 18.9 Å². The molecule has 1 fully saturated rings. The molecule has 0 aliphatic heterocycles. The second-order valence-electron chi connectivity index (χ2n) is 4.98. The van der Waals surface area contributed by atoms with Crippen LogP contribution in [0.25, 0.3) is 6.08 Å². The summed E-state index contributed by atoms with van der Waals surface area (Å²) in [6.07, 6.45) is 8.22. The van der Waals surface area contributed by atoms with Gasteiger partial charge in [-0.1, -0.05) is 6.92 Å². The van der Waals surface area contributed by atoms with Crippen LogP contribution >= 0.6 is 0 Å². The molecule has 1 aromatic rings. The lowest BCUT2D eigenvalue weighted by molar-refractivity contribution is -0.131. The maximum absolute atomic E-state index is 10.6. The molecule has 0 aromatic carbocycles. The molecule has 1 saturated carbocycles. The van der Waals surface area contributed by atoms with E-state index in [2.05, 4.69) is 16.8 Å². The summed E-state index contributed by atoms with van der Waals surface area (Å²) in [4.78, 5) is 17.4. The van der Waals surface area contributed by atoms with Crippen LogP contribution in [0.5, 0.6) is 0 Å². The summed E-state index contributed by atoms with van der Waals surface area (Å²) in [5.74, 6) is 0.748. The monoisotopic (exact) mass is 260 g/mol. The van der Waals surface area contributed by atoms with Crippen molar-refractivity contribution in [1.29, 1.82) is 0 Å². The average Bonchev–Trinajstić information content (AvgIpc) is 3.20. The van der Waals surface area contributed by atoms with Crippen LogP contribution in [0, 0.1) is 5.92 Å². The van der Waals surface area contributed by atoms with Crippen molar-refractivity contribution in [1.82, 2.24) is 4.98 Å². The Morgan fingerprint density at radius 1 is 1.58 bits per heavy atom. The van der Waals surface area contributed by atoms with Crippen LogP contribution in [0.1, 0.15) is 31.7 Å². The van der Waals surface area contributed by atoms with Crippen LogP contribution in [-0.2, 0) is 4.79 Å². The molecule has 0 radical (unpaired) electrons. The van der Waals surface area contributed by atoms with Gasteiger partial charge in [0.1, 0.15) is 5.82 Å². The van der Waals surface area contributed by atoms with E-state index in [4.69, 9.17) is 5.11 Å². The second-order valence-corrected chi connectivity index (χ2v) is 4.98. The fourth-order valence-electron chi connectivity index (χ4n) is 2.13. The molecule has 1 N–H and O–H groups in total. The summed E-state index contributed by atoms with van der Waals surface area (Å²) in [5.41, 5.74) is 0.874. The van der Waals surface area contributed by atoms with Gasteiger partial charge >= 0.3 is 5.97 Å². The van der Waals surface area contributed by atoms with Gasteiger partial charge in [-0.15, -0.1) is 0 Å². The van der Waals surface area contributed by atoms with Crippen LogP contribution in [0.4, 0.5) is 5.82 Å². The summed E-state index contributed by atoms with van der Waals surface area (Å²) in [5, 5.41) is 8.74. The molecule has 1 aromatic heterocycles. The fraction of sp³-hybridized carbons (Fsp3) is 0.467. The molecule has 0 atom stereocenters. The first-order chi connectivity index (χ1) is 9.20. The Bertz CT molecular complexity index is 467. The van der Waals surface area contributed by atoms with E-state index in [9.17, 15) is 4.79 Å². The minimum absolute atomic E-state index is 0.782. The van der Waals surface area contributed by atoms with Gasteiger partial charge in [0, 0.05) is 30.9 Å². The lowest BCUT2D eigenvalue weighted by Crippen LogP contribution is -2.28. The Balaban J connectivity index is 2.21. The number of pyridine rings is 1. The van der Waals surface area contributed by atoms with Crippen LogP contribution in [0.2, 0.25) is 0 Å². The molecular formula is C15H20N2O2. The van der Waals surface area contributed by atoms with E-state index in [0.29, 0.717) is 0 Å². The van der Waals surface area contributed by atoms with Gasteiger partial charge in [0.05, 0.1) is 0 Å². The predicted octanol–water partition coefficient (Wildman–Crippen LogP) is 2.81. The first-order valence-electron chi connectivity index (χ1n) is 6.81. The summed E-state index contributed by atoms with van der Waals surface area (Å²) in [6.45, 7) is 4.13. The standard InChI is InChI=1S/C15H20N2O2/c1-2-10-17(11-12-5-6-12)15-13(4-3-9-16-15)7-8-14(18)19/h3-4,7-9,12H,2,5-6,10-11H2,1H3,(H,18,19)/b8-7+. The third kappa shape index (κ3) is 4.09. The van der Waals surface area contributed by atoms with Gasteiger partial charge < -0.3 is 10.0 Å². The number of hydrogen-bond acceptors (Lipinski definition) is 3. The predicted molar refractivity (Wildman–Crippen MR) is 76.1 cm³/mol. The minimum Gasteiger partial charge on any atom is -0.478 e. The van der Waals surface area contributed by atoms with Gasteiger partial charge in [0.2, 0.25) is 0 Å². The highest BCUT2D eigenvalue weighted by Crippen LogP contribution is 2.32. The Morgan fingerprint density at radius 2 is 2.37 bits per heavy atom. The fourth-order valence-corrected chi connectivity index (χ4v) is 2.13. The number of rotatable bonds is 7. The molecule has 1 heterocycles. The molecule has 102 valence electrons. The van der Waals surface area contributed by atoms with Crippen LogP contribution < -0.4 is 4.90 Å². The topological polar surface area (TPSA) is 53.4 Å². The summed E-state index contributed by atoms with van der Waals surface area (Å²) in [7, 11) is 0. The Hall–Kier alpha value is -1.84. The second kappa shape index (κ2) is 6.36. The Labute approximate surface area is 113 Å². The van der Waals surface area contributed by atoms with Gasteiger partial charge in [-0.05, 0) is 43.4 Å². The molecule has 0 spiro atoms. The Morgan fingerprint density at radius 3 is 3.00 bits per heavy atom. The number of anilines is 1. The van der Waals surface area contributed by atoms with Crippen molar-refractivity contribution in [3.8, 4) is 0 Å². The Kier molecular flexibility index (Phi) is 4.55. The first-order valence-corrected chi connectivity index (χ1v) is 6.81. The lowest BCUT2D eigenvalue weighted by Gasteiger charge is -2.24. The molecule has 0 unspecified atom stereocenters. The van der Waals surface area contributed by atoms with Gasteiger partial charge in [-0.25, -0.2) is 9.78 Å². The number of nitrogens with zero attached hydrogens (tertiary/aromatic N) is 2. The average molecular weight is 260 g/mol. The number of aromatic nitrogens is 1. The van der Waals surface area contributed by atoms with E-state index in [-0.39, 0.29) is 0 Å². The van der Waals surface area contributed by atoms with Crippen LogP contribution in [0.3, 0.4) is 0 Å². The van der Waals surface area contributed by atoms with Crippen molar-refractivity contribution in [3.63, 3.8) is 0 Å². The van der Waals surface area contributed by atoms with Gasteiger partial charge in [0.25, 0.3) is 0 Å². The molecule has 1 aliphatic carbocycles. The van der Waals surface area contributed by atoms with Crippen molar-refractivity contribution >= 4 is 17.9 Å². The lowest BCUT2D eigenvalue weighted by atomic mass is 10.2. The van der Waals surface area contributed by atoms with Crippen LogP contribution in [-0.4, -0.2) is 29.1 Å². The summed E-state index contributed by atoms with van der Waals surface area (Å²) in [6, 6.07) is 3.75. The van der Waals surface area contributed by atoms with Gasteiger partial charge in [-0.2, -0.15) is 0 Å². The largest absolute Gasteiger partial charge is 0.478 e. The first kappa shape index (κ1) is 13.6. The smallest absolute Gasteiger partial charge is 0.328 e. The molecule has 0 amide bonds. The highest BCUT2D eigenvalue weighted by Gasteiger charge is 2.25. The summed E-state index contributed by atoms with van der Waals surface area (Å²) < 4.78 is 0. The van der Waals surface area contributed by atoms with Crippen molar-refractivity contribution in [2.75, 3.05) is 18.0 Å². The highest BCUT2D eigenvalue weighted by atomic mass is 16.4. The molecule has 1 aliphatic rings. The van der Waals surface area contributed by atoms with E-state index in [1.807, 2.05) is 12.1 Å². The van der Waals surface area contributed by atoms with Gasteiger partial charge in [0.15, 0.2) is 0 Å². The van der Waals surface area contributed by atoms with Gasteiger partial charge in [-0.3, -0.25) is 0 Å². The highest BCUT2D eigenvalue weighted by molar-refractivity contribution is 5.86. The minimum atomic E-state index is -0.931. The van der Waals surface area contributed by atoms with E-state index < -0.39 is 5.97 Å². The van der Waals surface area contributed by atoms with E-state index >= 15 is 0 Å². The third-order valence-corrected chi connectivity index (χ3v) is 3.19. The van der Waals surface area contributed by atoms with Crippen molar-refractivity contribution in [2.45, 2.75) is 26.2 Å². The molecular weight excluding hydrogens is 240 g/mol. The van der Waals surface area contributed by atoms with Crippen molar-refractivity contribution in [3.05, 3.63) is 30.0 Å². The number of carbonyl (C=O) groups is 1. The molecule has 4 heteroatoms. The SMILES string of the molecule is CCCN(CC1CC1)c1ncccc1/C=C/C(=O)O. The number of carboxylic acids is 1. The molecule has 0 saturated heterocycles. The zero-order valence-electron chi connectivity index (χ0n) is 11.2. The third-order valence-electron chi connectivity index (χ3n) is 3.19. The normalized spacial score (nSPS) is 14.8. The van der Waals surface area contributed by atoms with E-state index in [1.54, 1.807) is 12.3 Å². The molecule has 0 bridgehead atoms. The number of carboxylic acid groups (broad SMARTS) is 1. The zero-order valence-corrected chi connectivity index (χ0v) is 11.2. The van der Waals surface area contributed by atoms with E-state index in [0.717, 1.165) is 36.8 Å². The zero-order chi connectivity index (χ0) is 13.7. The molecule has 4 nitrogen and oxygen atoms in total. The van der Waals surface area contributed by atoms with Crippen molar-refractivity contribution < 1.29 is 9.90 Å². The quantitative estimate of drug-likeness (QED) is 0.766. The molecule has 2 rings (SSSR count). The number of hydrogen-bond donors (Lipinski definition) is 1. The molecule has 19 heavy (non-hydrogen) atoms. The number of aliphatic carboxylic acids is 1. The maximum Gasteiger partial charge on any atom is 0.328 e. The van der Waals surface area contributed by atoms with Crippen molar-refractivity contribution in [2.24, 2.45) is 5.92 Å².